The van der Waals surface area contributed by atoms with Gasteiger partial charge in [-0.25, -0.2) is 9.97 Å². The molecular weight excluding hydrogens is 260 g/mol. The van der Waals surface area contributed by atoms with Gasteiger partial charge in [-0.1, -0.05) is 19.4 Å². The average Bonchev–Trinajstić information content (AvgIpc) is 2.54. The number of hydrogen-bond donors (Lipinski definition) is 0. The summed E-state index contributed by atoms with van der Waals surface area (Å²) >= 11 is 0. The van der Waals surface area contributed by atoms with Gasteiger partial charge in [0, 0.05) is 18.0 Å². The summed E-state index contributed by atoms with van der Waals surface area (Å²) in [6.07, 6.45) is 9.97. The summed E-state index contributed by atoms with van der Waals surface area (Å²) in [7, 11) is 0. The minimum atomic E-state index is 0.658. The molecule has 0 fully saturated rings. The monoisotopic (exact) mass is 282 g/mol. The summed E-state index contributed by atoms with van der Waals surface area (Å²) in [6.45, 7) is 6.52. The maximum Gasteiger partial charge on any atom is 0.159 e. The van der Waals surface area contributed by atoms with Crippen LogP contribution in [0.1, 0.15) is 31.7 Å². The summed E-state index contributed by atoms with van der Waals surface area (Å²) in [5.74, 6) is 1.62. The molecule has 2 rings (SSSR count). The Bertz CT molecular complexity index is 546. The molecule has 21 heavy (non-hydrogen) atoms. The number of hydrogen-bond acceptors (Lipinski definition) is 3. The average molecular weight is 282 g/mol. The lowest BCUT2D eigenvalue weighted by molar-refractivity contribution is 0.325. The number of ether oxygens (including phenoxy) is 1. The van der Waals surface area contributed by atoms with E-state index in [-0.39, 0.29) is 0 Å². The molecule has 0 radical (unpaired) electrons. The first-order chi connectivity index (χ1) is 10.3. The molecule has 0 atom stereocenters. The number of rotatable bonds is 8. The van der Waals surface area contributed by atoms with Crippen LogP contribution in [0.4, 0.5) is 0 Å². The normalized spacial score (nSPS) is 10.3. The summed E-state index contributed by atoms with van der Waals surface area (Å²) in [5.41, 5.74) is 2.21. The van der Waals surface area contributed by atoms with Crippen molar-refractivity contribution < 1.29 is 4.74 Å². The van der Waals surface area contributed by atoms with Crippen LogP contribution in [0, 0.1) is 0 Å². The van der Waals surface area contributed by atoms with Gasteiger partial charge in [0.05, 0.1) is 6.61 Å². The van der Waals surface area contributed by atoms with E-state index in [1.807, 2.05) is 42.7 Å². The molecule has 3 nitrogen and oxygen atoms in total. The summed E-state index contributed by atoms with van der Waals surface area (Å²) in [4.78, 5) is 8.88. The Morgan fingerprint density at radius 2 is 1.86 bits per heavy atom. The molecule has 0 bridgehead atoms. The molecule has 0 amide bonds. The van der Waals surface area contributed by atoms with Gasteiger partial charge in [0.15, 0.2) is 5.82 Å². The third kappa shape index (κ3) is 4.71. The Hall–Kier alpha value is -2.16. The number of unbranched alkanes of at least 4 members (excludes halogenated alkanes) is 1. The highest BCUT2D eigenvalue weighted by Gasteiger charge is 2.02. The fourth-order valence-electron chi connectivity index (χ4n) is 1.97. The minimum Gasteiger partial charge on any atom is -0.493 e. The van der Waals surface area contributed by atoms with E-state index in [4.69, 9.17) is 4.74 Å². The van der Waals surface area contributed by atoms with Crippen LogP contribution in [0.5, 0.6) is 5.75 Å². The molecule has 0 aliphatic rings. The SMILES string of the molecule is C=CCCOc1ccc(-c2ncc(CCCC)cn2)cc1. The first-order valence-electron chi connectivity index (χ1n) is 7.48. The maximum atomic E-state index is 5.59. The standard InChI is InChI=1S/C18H22N2O/c1-3-5-7-15-13-19-18(20-14-15)16-8-10-17(11-9-16)21-12-6-4-2/h4,8-11,13-14H,2-3,5-7,12H2,1H3. The van der Waals surface area contributed by atoms with Crippen molar-refractivity contribution in [2.75, 3.05) is 6.61 Å². The number of benzene rings is 1. The largest absolute Gasteiger partial charge is 0.493 e. The van der Waals surface area contributed by atoms with Crippen LogP contribution in [-0.4, -0.2) is 16.6 Å². The van der Waals surface area contributed by atoms with E-state index in [9.17, 15) is 0 Å². The Morgan fingerprint density at radius 3 is 2.48 bits per heavy atom. The lowest BCUT2D eigenvalue weighted by atomic mass is 10.1. The van der Waals surface area contributed by atoms with Gasteiger partial charge >= 0.3 is 0 Å². The van der Waals surface area contributed by atoms with Crippen molar-refractivity contribution in [1.29, 1.82) is 0 Å². The van der Waals surface area contributed by atoms with E-state index < -0.39 is 0 Å². The lowest BCUT2D eigenvalue weighted by Gasteiger charge is -2.06. The Morgan fingerprint density at radius 1 is 1.14 bits per heavy atom. The zero-order valence-corrected chi connectivity index (χ0v) is 12.6. The molecular formula is C18H22N2O. The molecule has 0 saturated carbocycles. The predicted molar refractivity (Wildman–Crippen MR) is 86.4 cm³/mol. The number of aryl methyl sites for hydroxylation is 1. The molecule has 3 heteroatoms. The van der Waals surface area contributed by atoms with Crippen LogP contribution in [-0.2, 0) is 6.42 Å². The van der Waals surface area contributed by atoms with Crippen LogP contribution in [0.25, 0.3) is 11.4 Å². The minimum absolute atomic E-state index is 0.658. The molecule has 0 N–H and O–H groups in total. The van der Waals surface area contributed by atoms with Crippen LogP contribution >= 0.6 is 0 Å². The van der Waals surface area contributed by atoms with Crippen molar-refractivity contribution in [3.63, 3.8) is 0 Å². The van der Waals surface area contributed by atoms with Gasteiger partial charge in [-0.3, -0.25) is 0 Å². The highest BCUT2D eigenvalue weighted by atomic mass is 16.5. The molecule has 0 saturated heterocycles. The van der Waals surface area contributed by atoms with Crippen molar-refractivity contribution >= 4 is 0 Å². The lowest BCUT2D eigenvalue weighted by Crippen LogP contribution is -1.96. The Labute approximate surface area is 126 Å². The molecule has 0 aliphatic carbocycles. The van der Waals surface area contributed by atoms with E-state index in [2.05, 4.69) is 23.5 Å². The third-order valence-corrected chi connectivity index (χ3v) is 3.23. The molecule has 0 unspecified atom stereocenters. The predicted octanol–water partition coefficient (Wildman–Crippen LogP) is 4.44. The van der Waals surface area contributed by atoms with Crippen LogP contribution < -0.4 is 4.74 Å². The van der Waals surface area contributed by atoms with Gasteiger partial charge < -0.3 is 4.74 Å². The molecule has 0 aliphatic heterocycles. The first-order valence-corrected chi connectivity index (χ1v) is 7.48. The van der Waals surface area contributed by atoms with Crippen molar-refractivity contribution in [3.05, 3.63) is 54.9 Å². The van der Waals surface area contributed by atoms with Crippen LogP contribution in [0.15, 0.2) is 49.3 Å². The van der Waals surface area contributed by atoms with Gasteiger partial charge in [-0.15, -0.1) is 6.58 Å². The second-order valence-corrected chi connectivity index (χ2v) is 4.97. The molecule has 110 valence electrons. The van der Waals surface area contributed by atoms with Gasteiger partial charge in [0.2, 0.25) is 0 Å². The van der Waals surface area contributed by atoms with Crippen LogP contribution in [0.3, 0.4) is 0 Å². The fourth-order valence-corrected chi connectivity index (χ4v) is 1.97. The van der Waals surface area contributed by atoms with Crippen molar-refractivity contribution in [2.24, 2.45) is 0 Å². The van der Waals surface area contributed by atoms with E-state index in [0.29, 0.717) is 6.61 Å². The maximum absolute atomic E-state index is 5.59. The van der Waals surface area contributed by atoms with Crippen molar-refractivity contribution in [2.45, 2.75) is 32.6 Å². The van der Waals surface area contributed by atoms with Gasteiger partial charge in [-0.2, -0.15) is 0 Å². The Kier molecular flexibility index (Phi) is 5.95. The number of aromatic nitrogens is 2. The zero-order chi connectivity index (χ0) is 14.9. The van der Waals surface area contributed by atoms with E-state index in [1.165, 1.54) is 18.4 Å². The zero-order valence-electron chi connectivity index (χ0n) is 12.6. The van der Waals surface area contributed by atoms with Crippen molar-refractivity contribution in [3.8, 4) is 17.1 Å². The summed E-state index contributed by atoms with van der Waals surface area (Å²) in [5, 5.41) is 0. The quantitative estimate of drug-likeness (QED) is 0.530. The molecule has 1 aromatic carbocycles. The van der Waals surface area contributed by atoms with Gasteiger partial charge in [0.25, 0.3) is 0 Å². The second-order valence-electron chi connectivity index (χ2n) is 4.97. The highest BCUT2D eigenvalue weighted by Crippen LogP contribution is 2.19. The second kappa shape index (κ2) is 8.20. The van der Waals surface area contributed by atoms with Crippen molar-refractivity contribution in [1.82, 2.24) is 9.97 Å². The fraction of sp³-hybridized carbons (Fsp3) is 0.333. The summed E-state index contributed by atoms with van der Waals surface area (Å²) in [6, 6.07) is 7.88. The van der Waals surface area contributed by atoms with E-state index in [0.717, 1.165) is 30.0 Å². The van der Waals surface area contributed by atoms with E-state index >= 15 is 0 Å². The smallest absolute Gasteiger partial charge is 0.159 e. The first kappa shape index (κ1) is 15.2. The van der Waals surface area contributed by atoms with Crippen LogP contribution in [0.2, 0.25) is 0 Å². The summed E-state index contributed by atoms with van der Waals surface area (Å²) < 4.78 is 5.59. The molecule has 1 aromatic heterocycles. The van der Waals surface area contributed by atoms with E-state index in [1.54, 1.807) is 0 Å². The Balaban J connectivity index is 1.99. The third-order valence-electron chi connectivity index (χ3n) is 3.23. The number of nitrogens with zero attached hydrogens (tertiary/aromatic N) is 2. The molecule has 1 heterocycles. The van der Waals surface area contributed by atoms with Gasteiger partial charge in [-0.05, 0) is 49.1 Å². The van der Waals surface area contributed by atoms with Gasteiger partial charge in [0.1, 0.15) is 5.75 Å². The highest BCUT2D eigenvalue weighted by molar-refractivity contribution is 5.55. The topological polar surface area (TPSA) is 35.0 Å². The molecule has 2 aromatic rings. The molecule has 0 spiro atoms.